The van der Waals surface area contributed by atoms with E-state index in [9.17, 15) is 4.79 Å². The van der Waals surface area contributed by atoms with Gasteiger partial charge in [0.05, 0.1) is 17.4 Å². The van der Waals surface area contributed by atoms with E-state index in [0.717, 1.165) is 66.5 Å². The number of fused-ring (bicyclic) bond motifs is 2. The quantitative estimate of drug-likeness (QED) is 0.335. The third-order valence-corrected chi connectivity index (χ3v) is 7.76. The van der Waals surface area contributed by atoms with Crippen LogP contribution in [0.25, 0.3) is 27.8 Å². The molecule has 37 heavy (non-hydrogen) atoms. The second-order valence-electron chi connectivity index (χ2n) is 10.0. The lowest BCUT2D eigenvalue weighted by Crippen LogP contribution is -2.32. The van der Waals surface area contributed by atoms with Crippen molar-refractivity contribution in [1.82, 2.24) is 24.3 Å². The number of benzene rings is 2. The third-order valence-electron chi connectivity index (χ3n) is 7.76. The van der Waals surface area contributed by atoms with E-state index in [2.05, 4.69) is 44.8 Å². The molecule has 7 heteroatoms. The van der Waals surface area contributed by atoms with Crippen molar-refractivity contribution in [3.63, 3.8) is 0 Å². The molecule has 0 unspecified atom stereocenters. The molecular weight excluding hydrogens is 462 g/mol. The number of aromatic nitrogens is 4. The van der Waals surface area contributed by atoms with Gasteiger partial charge in [0.1, 0.15) is 5.75 Å². The van der Waals surface area contributed by atoms with Crippen LogP contribution in [0, 0.1) is 0 Å². The Morgan fingerprint density at radius 3 is 2.49 bits per heavy atom. The molecular formula is C30H27N5O2. The van der Waals surface area contributed by atoms with E-state index in [1.165, 1.54) is 5.56 Å². The molecule has 1 aliphatic heterocycles. The molecule has 3 aromatic heterocycles. The maximum absolute atomic E-state index is 12.3. The zero-order chi connectivity index (χ0) is 24.8. The number of imidazole rings is 1. The van der Waals surface area contributed by atoms with Gasteiger partial charge in [0.25, 0.3) is 5.91 Å². The predicted octanol–water partition coefficient (Wildman–Crippen LogP) is 5.03. The molecule has 1 saturated heterocycles. The molecule has 0 radical (unpaired) electrons. The van der Waals surface area contributed by atoms with Crippen molar-refractivity contribution in [2.45, 2.75) is 31.1 Å². The van der Waals surface area contributed by atoms with Gasteiger partial charge in [0.15, 0.2) is 6.61 Å². The van der Waals surface area contributed by atoms with Crippen LogP contribution in [0.1, 0.15) is 36.9 Å². The van der Waals surface area contributed by atoms with Gasteiger partial charge in [0, 0.05) is 48.0 Å². The zero-order valence-corrected chi connectivity index (χ0v) is 20.5. The van der Waals surface area contributed by atoms with Crippen molar-refractivity contribution in [3.8, 4) is 16.9 Å². The Balaban J connectivity index is 1.17. The molecule has 0 N–H and O–H groups in total. The first-order valence-corrected chi connectivity index (χ1v) is 12.9. The number of ether oxygens (including phenoxy) is 1. The average molecular weight is 490 g/mol. The fourth-order valence-electron chi connectivity index (χ4n) is 5.60. The summed E-state index contributed by atoms with van der Waals surface area (Å²) >= 11 is 0. The minimum atomic E-state index is -0.104. The van der Waals surface area contributed by atoms with Gasteiger partial charge >= 0.3 is 0 Å². The first-order chi connectivity index (χ1) is 18.2. The van der Waals surface area contributed by atoms with E-state index >= 15 is 0 Å². The van der Waals surface area contributed by atoms with E-state index in [0.29, 0.717) is 11.5 Å². The highest BCUT2D eigenvalue weighted by molar-refractivity contribution is 5.84. The first-order valence-electron chi connectivity index (χ1n) is 12.9. The summed E-state index contributed by atoms with van der Waals surface area (Å²) in [6.45, 7) is 1.76. The third kappa shape index (κ3) is 3.82. The van der Waals surface area contributed by atoms with Crippen molar-refractivity contribution >= 4 is 22.6 Å². The van der Waals surface area contributed by atoms with E-state index in [-0.39, 0.29) is 17.9 Å². The molecule has 0 atom stereocenters. The van der Waals surface area contributed by atoms with Crippen molar-refractivity contribution in [3.05, 3.63) is 90.6 Å². The Morgan fingerprint density at radius 1 is 0.892 bits per heavy atom. The number of carbonyl (C=O) groups excluding carboxylic acids is 1. The molecule has 2 fully saturated rings. The topological polar surface area (TPSA) is 72.6 Å². The number of nitrogens with zero attached hydrogens (tertiary/aromatic N) is 5. The van der Waals surface area contributed by atoms with Gasteiger partial charge in [-0.25, -0.2) is 9.97 Å². The molecule has 7 rings (SSSR count). The van der Waals surface area contributed by atoms with E-state index in [1.54, 1.807) is 0 Å². The van der Waals surface area contributed by atoms with Gasteiger partial charge in [-0.15, -0.1) is 0 Å². The van der Waals surface area contributed by atoms with Gasteiger partial charge in [-0.05, 0) is 55.0 Å². The summed E-state index contributed by atoms with van der Waals surface area (Å²) in [6.07, 6.45) is 12.1. The molecule has 184 valence electrons. The Hall–Kier alpha value is -4.26. The molecule has 0 spiro atoms. The average Bonchev–Trinajstić information content (AvgIpc) is 3.35. The second kappa shape index (κ2) is 8.69. The van der Waals surface area contributed by atoms with Crippen LogP contribution in [-0.4, -0.2) is 49.9 Å². The smallest absolute Gasteiger partial charge is 0.260 e. The van der Waals surface area contributed by atoms with Gasteiger partial charge < -0.3 is 9.64 Å². The summed E-state index contributed by atoms with van der Waals surface area (Å²) in [6, 6.07) is 18.4. The zero-order valence-electron chi connectivity index (χ0n) is 20.5. The van der Waals surface area contributed by atoms with Gasteiger partial charge in [0.2, 0.25) is 5.78 Å². The van der Waals surface area contributed by atoms with Crippen LogP contribution in [0.15, 0.2) is 79.4 Å². The number of hydrogen-bond donors (Lipinski definition) is 0. The Bertz CT molecular complexity index is 1610. The number of carbonyl (C=O) groups is 1. The van der Waals surface area contributed by atoms with Crippen LogP contribution in [0.4, 0.5) is 0 Å². The van der Waals surface area contributed by atoms with Crippen molar-refractivity contribution in [1.29, 1.82) is 0 Å². The number of pyridine rings is 1. The summed E-state index contributed by atoms with van der Waals surface area (Å²) in [5.74, 6) is 1.44. The summed E-state index contributed by atoms with van der Waals surface area (Å²) in [4.78, 5) is 28.2. The highest BCUT2D eigenvalue weighted by atomic mass is 16.5. The summed E-state index contributed by atoms with van der Waals surface area (Å²) in [5.41, 5.74) is 5.38. The lowest BCUT2D eigenvalue weighted by Gasteiger charge is -2.18. The molecule has 1 aliphatic carbocycles. The van der Waals surface area contributed by atoms with E-state index in [1.807, 2.05) is 53.8 Å². The number of hydrogen-bond acceptors (Lipinski definition) is 5. The summed E-state index contributed by atoms with van der Waals surface area (Å²) in [7, 11) is 0. The van der Waals surface area contributed by atoms with Crippen molar-refractivity contribution < 1.29 is 9.53 Å². The lowest BCUT2D eigenvalue weighted by molar-refractivity contribution is -0.132. The predicted molar refractivity (Wildman–Crippen MR) is 141 cm³/mol. The van der Waals surface area contributed by atoms with Gasteiger partial charge in [-0.2, -0.15) is 0 Å². The van der Waals surface area contributed by atoms with Crippen LogP contribution in [0.5, 0.6) is 5.75 Å². The highest BCUT2D eigenvalue weighted by Gasteiger charge is 2.49. The summed E-state index contributed by atoms with van der Waals surface area (Å²) in [5, 5.41) is 1.16. The monoisotopic (exact) mass is 489 g/mol. The Kier molecular flexibility index (Phi) is 5.16. The minimum Gasteiger partial charge on any atom is -0.484 e. The molecule has 0 bridgehead atoms. The molecule has 7 nitrogen and oxygen atoms in total. The number of rotatable bonds is 6. The minimum absolute atomic E-state index is 0.0549. The SMILES string of the molecule is O=C(COc1ccc(-c2cnc3ncc(C4(c5cccc6cccnc56)CC4)n3c2)cc1)N1CCCC1. The van der Waals surface area contributed by atoms with Crippen LogP contribution >= 0.6 is 0 Å². The molecule has 4 heterocycles. The van der Waals surface area contributed by atoms with E-state index < -0.39 is 0 Å². The largest absolute Gasteiger partial charge is 0.484 e. The number of likely N-dealkylation sites (tertiary alicyclic amines) is 1. The lowest BCUT2D eigenvalue weighted by atomic mass is 9.90. The molecule has 1 saturated carbocycles. The number of amides is 1. The summed E-state index contributed by atoms with van der Waals surface area (Å²) < 4.78 is 7.89. The van der Waals surface area contributed by atoms with Gasteiger partial charge in [-0.1, -0.05) is 36.4 Å². The van der Waals surface area contributed by atoms with Crippen molar-refractivity contribution in [2.75, 3.05) is 19.7 Å². The Morgan fingerprint density at radius 2 is 1.68 bits per heavy atom. The highest BCUT2D eigenvalue weighted by Crippen LogP contribution is 2.54. The molecule has 5 aromatic rings. The van der Waals surface area contributed by atoms with Crippen molar-refractivity contribution in [2.24, 2.45) is 0 Å². The van der Waals surface area contributed by atoms with Crippen LogP contribution in [-0.2, 0) is 10.2 Å². The van der Waals surface area contributed by atoms with Gasteiger partial charge in [-0.3, -0.25) is 14.2 Å². The van der Waals surface area contributed by atoms with Crippen LogP contribution < -0.4 is 4.74 Å². The first kappa shape index (κ1) is 22.0. The normalized spacial score (nSPS) is 16.4. The Labute approximate surface area is 214 Å². The molecule has 2 aliphatic rings. The second-order valence-corrected chi connectivity index (χ2v) is 10.0. The fourth-order valence-corrected chi connectivity index (χ4v) is 5.60. The maximum atomic E-state index is 12.3. The van der Waals surface area contributed by atoms with E-state index in [4.69, 9.17) is 9.72 Å². The molecule has 2 aromatic carbocycles. The van der Waals surface area contributed by atoms with Crippen LogP contribution in [0.2, 0.25) is 0 Å². The standard InChI is InChI=1S/C30H27N5O2/c36-27(34-15-1-2-16-34)20-37-24-10-8-21(9-11-24)23-17-32-29-33-18-26(35(29)19-23)30(12-13-30)25-7-3-5-22-6-4-14-31-28(22)25/h3-11,14,17-19H,1-2,12-13,15-16,20H2. The fraction of sp³-hybridized carbons (Fsp3) is 0.267. The number of para-hydroxylation sites is 1. The molecule has 1 amide bonds. The van der Waals surface area contributed by atoms with Crippen LogP contribution in [0.3, 0.4) is 0 Å². The maximum Gasteiger partial charge on any atom is 0.260 e.